The van der Waals surface area contributed by atoms with Gasteiger partial charge in [0.15, 0.2) is 0 Å². The lowest BCUT2D eigenvalue weighted by Crippen LogP contribution is -2.45. The number of nitrogens with two attached hydrogens (primary N) is 1. The van der Waals surface area contributed by atoms with Crippen molar-refractivity contribution in [3.05, 3.63) is 83.9 Å². The molecule has 0 saturated heterocycles. The molecule has 8 heteroatoms. The number of H-pyrrole nitrogens is 1. The highest BCUT2D eigenvalue weighted by molar-refractivity contribution is 6.06. The molecular formula is C23H22FN5O2. The molecule has 31 heavy (non-hydrogen) atoms. The Bertz CT molecular complexity index is 1210. The van der Waals surface area contributed by atoms with Gasteiger partial charge in [-0.2, -0.15) is 0 Å². The first-order valence-corrected chi connectivity index (χ1v) is 9.25. The first kappa shape index (κ1) is 21.6. The van der Waals surface area contributed by atoms with Gasteiger partial charge in [-0.05, 0) is 42.0 Å². The summed E-state index contributed by atoms with van der Waals surface area (Å²) in [5, 5.41) is 2.67. The molecule has 1 atom stereocenters. The van der Waals surface area contributed by atoms with Gasteiger partial charge in [0, 0.05) is 24.4 Å². The number of nitrogens with one attached hydrogen (secondary N) is 2. The van der Waals surface area contributed by atoms with Gasteiger partial charge in [0.25, 0.3) is 5.91 Å². The number of amides is 2. The van der Waals surface area contributed by atoms with Gasteiger partial charge in [-0.15, -0.1) is 0 Å². The van der Waals surface area contributed by atoms with Crippen LogP contribution in [0.3, 0.4) is 0 Å². The molecule has 0 fully saturated rings. The molecular weight excluding hydrogens is 397 g/mol. The Balaban J connectivity index is 0.00000272. The van der Waals surface area contributed by atoms with E-state index in [0.29, 0.717) is 28.0 Å². The van der Waals surface area contributed by atoms with Crippen LogP contribution in [0.4, 0.5) is 4.39 Å². The zero-order chi connectivity index (χ0) is 21.1. The quantitative estimate of drug-likeness (QED) is 0.445. The van der Waals surface area contributed by atoms with Crippen LogP contribution < -0.4 is 11.1 Å². The number of aromatic amines is 1. The second kappa shape index (κ2) is 9.17. The molecule has 2 heterocycles. The van der Waals surface area contributed by atoms with E-state index in [1.165, 1.54) is 12.1 Å². The molecule has 0 bridgehead atoms. The number of rotatable bonds is 6. The number of hydrogen-bond donors (Lipinski definition) is 3. The van der Waals surface area contributed by atoms with Gasteiger partial charge >= 0.3 is 0 Å². The van der Waals surface area contributed by atoms with Crippen molar-refractivity contribution in [3.8, 4) is 11.4 Å². The van der Waals surface area contributed by atoms with Crippen LogP contribution in [0.1, 0.15) is 23.3 Å². The summed E-state index contributed by atoms with van der Waals surface area (Å²) in [6.45, 7) is 0. The SMILES string of the molecule is C.NC(=O)[C@H](Cc1ccc(F)cc1)NC(=O)c1cccc2[nH]c(-c3ccncc3)nc12. The average Bonchev–Trinajstić information content (AvgIpc) is 3.19. The molecule has 0 saturated carbocycles. The summed E-state index contributed by atoms with van der Waals surface area (Å²) in [7, 11) is 0. The minimum absolute atomic E-state index is 0. The summed E-state index contributed by atoms with van der Waals surface area (Å²) in [6.07, 6.45) is 3.46. The molecule has 2 aromatic heterocycles. The summed E-state index contributed by atoms with van der Waals surface area (Å²) < 4.78 is 13.1. The van der Waals surface area contributed by atoms with Gasteiger partial charge in [0.1, 0.15) is 23.2 Å². The molecule has 4 N–H and O–H groups in total. The number of carbonyl (C=O) groups excluding carboxylic acids is 2. The van der Waals surface area contributed by atoms with E-state index in [1.54, 1.807) is 36.7 Å². The Kier molecular flexibility index (Phi) is 6.40. The van der Waals surface area contributed by atoms with E-state index in [0.717, 1.165) is 5.56 Å². The monoisotopic (exact) mass is 419 g/mol. The van der Waals surface area contributed by atoms with E-state index in [4.69, 9.17) is 5.73 Å². The molecule has 2 aromatic carbocycles. The topological polar surface area (TPSA) is 114 Å². The molecule has 4 aromatic rings. The van der Waals surface area contributed by atoms with Gasteiger partial charge in [-0.3, -0.25) is 14.6 Å². The summed E-state index contributed by atoms with van der Waals surface area (Å²) in [6, 6.07) is 13.5. The fourth-order valence-electron chi connectivity index (χ4n) is 3.18. The summed E-state index contributed by atoms with van der Waals surface area (Å²) in [4.78, 5) is 36.5. The van der Waals surface area contributed by atoms with Crippen molar-refractivity contribution in [1.29, 1.82) is 0 Å². The predicted octanol–water partition coefficient (Wildman–Crippen LogP) is 3.23. The maximum absolute atomic E-state index is 13.1. The Hall–Kier alpha value is -4.07. The number of nitrogens with zero attached hydrogens (tertiary/aromatic N) is 2. The molecule has 158 valence electrons. The number of benzene rings is 2. The largest absolute Gasteiger partial charge is 0.368 e. The van der Waals surface area contributed by atoms with Crippen LogP contribution in [0.5, 0.6) is 0 Å². The van der Waals surface area contributed by atoms with Crippen LogP contribution >= 0.6 is 0 Å². The molecule has 0 aliphatic heterocycles. The normalized spacial score (nSPS) is 11.5. The fraction of sp³-hybridized carbons (Fsp3) is 0.130. The first-order chi connectivity index (χ1) is 14.5. The van der Waals surface area contributed by atoms with Gasteiger partial charge in [-0.1, -0.05) is 25.6 Å². The van der Waals surface area contributed by atoms with Crippen molar-refractivity contribution in [2.75, 3.05) is 0 Å². The average molecular weight is 419 g/mol. The van der Waals surface area contributed by atoms with Crippen molar-refractivity contribution in [2.24, 2.45) is 5.73 Å². The van der Waals surface area contributed by atoms with Gasteiger partial charge < -0.3 is 16.0 Å². The summed E-state index contributed by atoms with van der Waals surface area (Å²) in [5.41, 5.74) is 8.47. The number of imidazole rings is 1. The zero-order valence-electron chi connectivity index (χ0n) is 15.8. The number of hydrogen-bond acceptors (Lipinski definition) is 4. The zero-order valence-corrected chi connectivity index (χ0v) is 15.8. The molecule has 0 aliphatic carbocycles. The number of halogens is 1. The van der Waals surface area contributed by atoms with Crippen molar-refractivity contribution >= 4 is 22.8 Å². The van der Waals surface area contributed by atoms with Crippen LogP contribution in [0.25, 0.3) is 22.4 Å². The number of pyridine rings is 1. The highest BCUT2D eigenvalue weighted by Gasteiger charge is 2.22. The van der Waals surface area contributed by atoms with E-state index >= 15 is 0 Å². The van der Waals surface area contributed by atoms with Crippen molar-refractivity contribution in [3.63, 3.8) is 0 Å². The number of para-hydroxylation sites is 1. The highest BCUT2D eigenvalue weighted by atomic mass is 19.1. The Morgan fingerprint density at radius 1 is 1.06 bits per heavy atom. The Morgan fingerprint density at radius 2 is 1.77 bits per heavy atom. The van der Waals surface area contributed by atoms with E-state index < -0.39 is 17.9 Å². The molecule has 2 amide bonds. The van der Waals surface area contributed by atoms with Gasteiger partial charge in [0.2, 0.25) is 5.91 Å². The van der Waals surface area contributed by atoms with E-state index in [-0.39, 0.29) is 19.7 Å². The molecule has 4 rings (SSSR count). The lowest BCUT2D eigenvalue weighted by atomic mass is 10.0. The lowest BCUT2D eigenvalue weighted by molar-refractivity contribution is -0.119. The van der Waals surface area contributed by atoms with E-state index in [1.807, 2.05) is 18.2 Å². The Morgan fingerprint density at radius 3 is 2.45 bits per heavy atom. The summed E-state index contributed by atoms with van der Waals surface area (Å²) >= 11 is 0. The van der Waals surface area contributed by atoms with E-state index in [9.17, 15) is 14.0 Å². The smallest absolute Gasteiger partial charge is 0.254 e. The molecule has 0 unspecified atom stereocenters. The van der Waals surface area contributed by atoms with Crippen LogP contribution in [-0.4, -0.2) is 32.8 Å². The summed E-state index contributed by atoms with van der Waals surface area (Å²) in [5.74, 6) is -0.933. The maximum atomic E-state index is 13.1. The van der Waals surface area contributed by atoms with Crippen LogP contribution in [0.2, 0.25) is 0 Å². The minimum Gasteiger partial charge on any atom is -0.368 e. The fourth-order valence-corrected chi connectivity index (χ4v) is 3.18. The number of carbonyl (C=O) groups is 2. The third kappa shape index (κ3) is 4.75. The second-order valence-electron chi connectivity index (χ2n) is 6.78. The van der Waals surface area contributed by atoms with Crippen molar-refractivity contribution in [2.45, 2.75) is 19.9 Å². The minimum atomic E-state index is -0.947. The first-order valence-electron chi connectivity index (χ1n) is 9.25. The molecule has 0 spiro atoms. The predicted molar refractivity (Wildman–Crippen MR) is 117 cm³/mol. The van der Waals surface area contributed by atoms with Crippen molar-refractivity contribution in [1.82, 2.24) is 20.3 Å². The number of aromatic nitrogens is 3. The van der Waals surface area contributed by atoms with Gasteiger partial charge in [0.05, 0.1) is 11.1 Å². The van der Waals surface area contributed by atoms with E-state index in [2.05, 4.69) is 20.3 Å². The highest BCUT2D eigenvalue weighted by Crippen LogP contribution is 2.22. The van der Waals surface area contributed by atoms with Crippen molar-refractivity contribution < 1.29 is 14.0 Å². The van der Waals surface area contributed by atoms with Crippen LogP contribution in [-0.2, 0) is 11.2 Å². The van der Waals surface area contributed by atoms with Crippen LogP contribution in [0, 0.1) is 5.82 Å². The Labute approximate surface area is 178 Å². The third-order valence-corrected chi connectivity index (χ3v) is 4.71. The maximum Gasteiger partial charge on any atom is 0.254 e. The molecule has 0 aliphatic rings. The number of fused-ring (bicyclic) bond motifs is 1. The molecule has 0 radical (unpaired) electrons. The molecule has 7 nitrogen and oxygen atoms in total. The number of primary amides is 1. The third-order valence-electron chi connectivity index (χ3n) is 4.71. The lowest BCUT2D eigenvalue weighted by Gasteiger charge is -2.16. The standard InChI is InChI=1S/C22H18FN5O2.CH4/c23-15-6-4-13(5-7-15)12-18(20(24)29)27-22(30)16-2-1-3-17-19(16)28-21(26-17)14-8-10-25-11-9-14;/h1-11,18H,12H2,(H2,24,29)(H,26,28)(H,27,30);1H4/t18-;/m0./s1. The van der Waals surface area contributed by atoms with Gasteiger partial charge in [-0.25, -0.2) is 9.37 Å². The second-order valence-corrected chi connectivity index (χ2v) is 6.78. The van der Waals surface area contributed by atoms with Crippen LogP contribution in [0.15, 0.2) is 67.0 Å².